The van der Waals surface area contributed by atoms with Crippen molar-refractivity contribution in [3.63, 3.8) is 0 Å². The number of ether oxygens (including phenoxy) is 1. The molecule has 0 saturated carbocycles. The van der Waals surface area contributed by atoms with Gasteiger partial charge in [0.05, 0.1) is 18.0 Å². The molecule has 24 heavy (non-hydrogen) atoms. The molecule has 7 heteroatoms. The molecular weight excluding hydrogens is 312 g/mol. The molecule has 0 fully saturated rings. The van der Waals surface area contributed by atoms with Crippen LogP contribution in [0.5, 0.6) is 0 Å². The molecule has 132 valence electrons. The summed E-state index contributed by atoms with van der Waals surface area (Å²) in [6.45, 7) is 4.84. The van der Waals surface area contributed by atoms with Crippen LogP contribution in [0.15, 0.2) is 24.3 Å². The van der Waals surface area contributed by atoms with Gasteiger partial charge in [-0.2, -0.15) is 0 Å². The lowest BCUT2D eigenvalue weighted by molar-refractivity contribution is -0.384. The number of rotatable bonds is 10. The van der Waals surface area contributed by atoms with Gasteiger partial charge in [0, 0.05) is 30.8 Å². The Labute approximate surface area is 141 Å². The maximum absolute atomic E-state index is 12.6. The Balaban J connectivity index is 2.83. The van der Waals surface area contributed by atoms with Crippen LogP contribution in [-0.2, 0) is 9.53 Å². The van der Waals surface area contributed by atoms with Crippen LogP contribution >= 0.6 is 0 Å². The van der Waals surface area contributed by atoms with Crippen molar-refractivity contribution in [2.75, 3.05) is 19.7 Å². The Bertz CT molecular complexity index is 574. The second kappa shape index (κ2) is 10.4. The van der Waals surface area contributed by atoms with Crippen molar-refractivity contribution in [1.29, 1.82) is 0 Å². The highest BCUT2D eigenvalue weighted by Gasteiger charge is 2.19. The molecule has 0 aliphatic heterocycles. The normalized spacial score (nSPS) is 10.2. The van der Waals surface area contributed by atoms with Gasteiger partial charge in [0.1, 0.15) is 0 Å². The Hall–Kier alpha value is -2.44. The highest BCUT2D eigenvalue weighted by molar-refractivity contribution is 5.95. The molecule has 7 nitrogen and oxygen atoms in total. The van der Waals surface area contributed by atoms with Crippen molar-refractivity contribution >= 4 is 17.6 Å². The standard InChI is InChI=1S/C17H24N2O5/c1-3-5-6-11-18(12-10-16(20)24-4-2)17(21)14-8-7-9-15(13-14)19(22)23/h7-9,13H,3-6,10-12H2,1-2H3. The number of esters is 1. The molecule has 0 saturated heterocycles. The van der Waals surface area contributed by atoms with Crippen LogP contribution in [0, 0.1) is 10.1 Å². The third-order valence-electron chi connectivity index (χ3n) is 3.51. The average Bonchev–Trinajstić information content (AvgIpc) is 2.57. The Morgan fingerprint density at radius 2 is 1.96 bits per heavy atom. The monoisotopic (exact) mass is 336 g/mol. The molecule has 0 unspecified atom stereocenters. The van der Waals surface area contributed by atoms with Gasteiger partial charge in [0.2, 0.25) is 0 Å². The number of hydrogen-bond acceptors (Lipinski definition) is 5. The molecule has 0 heterocycles. The van der Waals surface area contributed by atoms with Crippen molar-refractivity contribution in [3.8, 4) is 0 Å². The quantitative estimate of drug-likeness (QED) is 0.283. The van der Waals surface area contributed by atoms with Gasteiger partial charge in [-0.1, -0.05) is 25.8 Å². The fourth-order valence-electron chi connectivity index (χ4n) is 2.26. The largest absolute Gasteiger partial charge is 0.466 e. The molecule has 1 aromatic carbocycles. The first kappa shape index (κ1) is 19.6. The highest BCUT2D eigenvalue weighted by Crippen LogP contribution is 2.15. The minimum Gasteiger partial charge on any atom is -0.466 e. The Kier molecular flexibility index (Phi) is 8.46. The summed E-state index contributed by atoms with van der Waals surface area (Å²) in [6.07, 6.45) is 2.91. The van der Waals surface area contributed by atoms with Crippen LogP contribution in [-0.4, -0.2) is 41.4 Å². The summed E-state index contributed by atoms with van der Waals surface area (Å²) in [6, 6.07) is 5.64. The maximum Gasteiger partial charge on any atom is 0.307 e. The van der Waals surface area contributed by atoms with Gasteiger partial charge in [-0.25, -0.2) is 0 Å². The van der Waals surface area contributed by atoms with Gasteiger partial charge < -0.3 is 9.64 Å². The predicted molar refractivity (Wildman–Crippen MR) is 89.8 cm³/mol. The maximum atomic E-state index is 12.6. The van der Waals surface area contributed by atoms with E-state index in [-0.39, 0.29) is 36.1 Å². The van der Waals surface area contributed by atoms with Crippen LogP contribution in [0.2, 0.25) is 0 Å². The van der Waals surface area contributed by atoms with Gasteiger partial charge in [-0.15, -0.1) is 0 Å². The van der Waals surface area contributed by atoms with Crippen LogP contribution in [0.25, 0.3) is 0 Å². The molecule has 0 N–H and O–H groups in total. The zero-order valence-electron chi connectivity index (χ0n) is 14.2. The van der Waals surface area contributed by atoms with Crippen LogP contribution < -0.4 is 0 Å². The van der Waals surface area contributed by atoms with Crippen molar-refractivity contribution in [2.45, 2.75) is 39.5 Å². The number of hydrogen-bond donors (Lipinski definition) is 0. The molecule has 1 amide bonds. The summed E-state index contributed by atoms with van der Waals surface area (Å²) in [4.78, 5) is 36.1. The number of amides is 1. The summed E-state index contributed by atoms with van der Waals surface area (Å²) in [5, 5.41) is 10.9. The van der Waals surface area contributed by atoms with Gasteiger partial charge in [-0.3, -0.25) is 19.7 Å². The van der Waals surface area contributed by atoms with E-state index in [0.29, 0.717) is 13.2 Å². The van der Waals surface area contributed by atoms with Crippen LogP contribution in [0.3, 0.4) is 0 Å². The van der Waals surface area contributed by atoms with E-state index in [0.717, 1.165) is 19.3 Å². The summed E-state index contributed by atoms with van der Waals surface area (Å²) in [7, 11) is 0. The smallest absolute Gasteiger partial charge is 0.307 e. The molecule has 0 aliphatic carbocycles. The molecule has 0 atom stereocenters. The zero-order chi connectivity index (χ0) is 17.9. The molecule has 0 aromatic heterocycles. The van der Waals surface area contributed by atoms with E-state index >= 15 is 0 Å². The third kappa shape index (κ3) is 6.36. The summed E-state index contributed by atoms with van der Waals surface area (Å²) in [5.41, 5.74) is 0.129. The summed E-state index contributed by atoms with van der Waals surface area (Å²) < 4.78 is 4.89. The molecule has 1 aromatic rings. The fraction of sp³-hybridized carbons (Fsp3) is 0.529. The second-order valence-electron chi connectivity index (χ2n) is 5.36. The van der Waals surface area contributed by atoms with E-state index < -0.39 is 4.92 Å². The molecule has 1 rings (SSSR count). The molecular formula is C17H24N2O5. The van der Waals surface area contributed by atoms with E-state index in [2.05, 4.69) is 6.92 Å². The Morgan fingerprint density at radius 1 is 1.21 bits per heavy atom. The van der Waals surface area contributed by atoms with Crippen molar-refractivity contribution in [2.24, 2.45) is 0 Å². The fourth-order valence-corrected chi connectivity index (χ4v) is 2.26. The number of nitrogens with zero attached hydrogens (tertiary/aromatic N) is 2. The number of nitro benzene ring substituents is 1. The first-order valence-corrected chi connectivity index (χ1v) is 8.18. The number of carbonyl (C=O) groups excluding carboxylic acids is 2. The topological polar surface area (TPSA) is 89.8 Å². The van der Waals surface area contributed by atoms with Crippen molar-refractivity contribution < 1.29 is 19.2 Å². The Morgan fingerprint density at radius 3 is 2.58 bits per heavy atom. The van der Waals surface area contributed by atoms with E-state index in [1.54, 1.807) is 17.9 Å². The zero-order valence-corrected chi connectivity index (χ0v) is 14.2. The van der Waals surface area contributed by atoms with Gasteiger partial charge >= 0.3 is 5.97 Å². The number of non-ortho nitro benzene ring substituents is 1. The van der Waals surface area contributed by atoms with E-state index in [1.165, 1.54) is 18.2 Å². The average molecular weight is 336 g/mol. The molecule has 0 aliphatic rings. The molecule has 0 bridgehead atoms. The minimum atomic E-state index is -0.531. The summed E-state index contributed by atoms with van der Waals surface area (Å²) in [5.74, 6) is -0.663. The first-order valence-electron chi connectivity index (χ1n) is 8.18. The van der Waals surface area contributed by atoms with Gasteiger partial charge in [0.25, 0.3) is 11.6 Å². The lowest BCUT2D eigenvalue weighted by Crippen LogP contribution is -2.34. The molecule has 0 radical (unpaired) electrons. The number of unbranched alkanes of at least 4 members (excludes halogenated alkanes) is 2. The molecule has 0 spiro atoms. The van der Waals surface area contributed by atoms with Crippen LogP contribution in [0.4, 0.5) is 5.69 Å². The number of carbonyl (C=O) groups is 2. The second-order valence-corrected chi connectivity index (χ2v) is 5.36. The lowest BCUT2D eigenvalue weighted by Gasteiger charge is -2.22. The van der Waals surface area contributed by atoms with Crippen molar-refractivity contribution in [1.82, 2.24) is 4.90 Å². The van der Waals surface area contributed by atoms with Gasteiger partial charge in [0.15, 0.2) is 0 Å². The van der Waals surface area contributed by atoms with Crippen molar-refractivity contribution in [3.05, 3.63) is 39.9 Å². The number of benzene rings is 1. The lowest BCUT2D eigenvalue weighted by atomic mass is 10.1. The highest BCUT2D eigenvalue weighted by atomic mass is 16.6. The van der Waals surface area contributed by atoms with E-state index in [4.69, 9.17) is 4.74 Å². The third-order valence-corrected chi connectivity index (χ3v) is 3.51. The predicted octanol–water partition coefficient (Wildman–Crippen LogP) is 3.18. The van der Waals surface area contributed by atoms with E-state index in [1.807, 2.05) is 0 Å². The van der Waals surface area contributed by atoms with Gasteiger partial charge in [-0.05, 0) is 19.4 Å². The van der Waals surface area contributed by atoms with E-state index in [9.17, 15) is 19.7 Å². The SMILES string of the molecule is CCCCCN(CCC(=O)OCC)C(=O)c1cccc([N+](=O)[O-])c1. The summed E-state index contributed by atoms with van der Waals surface area (Å²) >= 11 is 0. The van der Waals surface area contributed by atoms with Crippen LogP contribution in [0.1, 0.15) is 49.9 Å². The first-order chi connectivity index (χ1) is 11.5. The minimum absolute atomic E-state index is 0.112. The number of nitro groups is 1.